The van der Waals surface area contributed by atoms with E-state index < -0.39 is 0 Å². The van der Waals surface area contributed by atoms with Crippen LogP contribution in [-0.2, 0) is 17.6 Å². The SMILES string of the molecule is COc1cccc(NC(=O)c2oc3c(c2C)/C(=N/NC(=O)Cc2coc4c(C)c(C)ccc24)CCC3)c1. The summed E-state index contributed by atoms with van der Waals surface area (Å²) in [7, 11) is 1.57. The maximum Gasteiger partial charge on any atom is 0.291 e. The fraction of sp³-hybridized carbons (Fsp3) is 0.276. The Morgan fingerprint density at radius 2 is 1.92 bits per heavy atom. The van der Waals surface area contributed by atoms with Crippen LogP contribution in [0.25, 0.3) is 11.0 Å². The molecule has 0 bridgehead atoms. The van der Waals surface area contributed by atoms with Crippen molar-refractivity contribution in [2.24, 2.45) is 5.10 Å². The molecule has 0 atom stereocenters. The van der Waals surface area contributed by atoms with Crippen molar-refractivity contribution < 1.29 is 23.2 Å². The molecule has 5 rings (SSSR count). The number of hydrogen-bond acceptors (Lipinski definition) is 6. The Hall–Kier alpha value is -4.33. The smallest absolute Gasteiger partial charge is 0.291 e. The molecule has 37 heavy (non-hydrogen) atoms. The number of rotatable bonds is 6. The lowest BCUT2D eigenvalue weighted by atomic mass is 9.93. The number of nitrogens with one attached hydrogen (secondary N) is 2. The van der Waals surface area contributed by atoms with Crippen LogP contribution in [-0.4, -0.2) is 24.6 Å². The van der Waals surface area contributed by atoms with Gasteiger partial charge in [-0.15, -0.1) is 0 Å². The van der Waals surface area contributed by atoms with Gasteiger partial charge < -0.3 is 18.9 Å². The first kappa shape index (κ1) is 24.4. The molecule has 8 nitrogen and oxygen atoms in total. The minimum atomic E-state index is -0.346. The second kappa shape index (κ2) is 9.97. The van der Waals surface area contributed by atoms with Crippen LogP contribution in [0.15, 0.2) is 56.6 Å². The highest BCUT2D eigenvalue weighted by Gasteiger charge is 2.28. The monoisotopic (exact) mass is 499 g/mol. The molecule has 1 aliphatic carbocycles. The summed E-state index contributed by atoms with van der Waals surface area (Å²) >= 11 is 0. The third kappa shape index (κ3) is 4.74. The largest absolute Gasteiger partial charge is 0.497 e. The summed E-state index contributed by atoms with van der Waals surface area (Å²) in [5.74, 6) is 1.01. The van der Waals surface area contributed by atoms with Crippen LogP contribution < -0.4 is 15.5 Å². The summed E-state index contributed by atoms with van der Waals surface area (Å²) in [4.78, 5) is 25.7. The molecule has 2 aromatic heterocycles. The Morgan fingerprint density at radius 1 is 1.08 bits per heavy atom. The van der Waals surface area contributed by atoms with E-state index in [4.69, 9.17) is 13.6 Å². The minimum absolute atomic E-state index is 0.150. The minimum Gasteiger partial charge on any atom is -0.497 e. The van der Waals surface area contributed by atoms with E-state index in [2.05, 4.69) is 15.8 Å². The lowest BCUT2D eigenvalue weighted by molar-refractivity contribution is -0.120. The Balaban J connectivity index is 1.33. The van der Waals surface area contributed by atoms with Gasteiger partial charge in [-0.3, -0.25) is 9.59 Å². The van der Waals surface area contributed by atoms with E-state index in [0.717, 1.165) is 39.6 Å². The van der Waals surface area contributed by atoms with E-state index in [-0.39, 0.29) is 24.0 Å². The zero-order valence-corrected chi connectivity index (χ0v) is 21.4. The number of ether oxygens (including phenoxy) is 1. The second-order valence-electron chi connectivity index (χ2n) is 9.31. The predicted octanol–water partition coefficient (Wildman–Crippen LogP) is 5.61. The molecule has 4 aromatic rings. The number of methoxy groups -OCH3 is 1. The molecular weight excluding hydrogens is 470 g/mol. The van der Waals surface area contributed by atoms with Gasteiger partial charge in [0.25, 0.3) is 5.91 Å². The van der Waals surface area contributed by atoms with Crippen LogP contribution in [0, 0.1) is 20.8 Å². The van der Waals surface area contributed by atoms with Crippen molar-refractivity contribution in [2.75, 3.05) is 12.4 Å². The molecule has 8 heteroatoms. The van der Waals surface area contributed by atoms with Crippen molar-refractivity contribution in [3.63, 3.8) is 0 Å². The van der Waals surface area contributed by atoms with Crippen molar-refractivity contribution in [2.45, 2.75) is 46.5 Å². The second-order valence-corrected chi connectivity index (χ2v) is 9.31. The maximum atomic E-state index is 13.0. The standard InChI is InChI=1S/C29H29N3O5/c1-16-11-12-22-19(15-36-27(22)17(16)2)13-25(33)32-31-23-9-6-10-24-26(23)18(3)28(37-24)29(34)30-20-7-5-8-21(14-20)35-4/h5,7-8,11-12,14-15H,6,9-10,13H2,1-4H3,(H,30,34)(H,32,33)/b31-23+. The number of benzene rings is 2. The summed E-state index contributed by atoms with van der Waals surface area (Å²) in [6.07, 6.45) is 3.98. The van der Waals surface area contributed by atoms with Gasteiger partial charge in [-0.1, -0.05) is 18.2 Å². The first-order valence-corrected chi connectivity index (χ1v) is 12.3. The number of hydrazone groups is 1. The van der Waals surface area contributed by atoms with Crippen molar-refractivity contribution >= 4 is 34.2 Å². The van der Waals surface area contributed by atoms with Crippen LogP contribution in [0.1, 0.15) is 57.0 Å². The zero-order chi connectivity index (χ0) is 26.1. The van der Waals surface area contributed by atoms with Crippen LogP contribution in [0.2, 0.25) is 0 Å². The number of furan rings is 2. The number of aryl methyl sites for hydroxylation is 3. The van der Waals surface area contributed by atoms with Crippen LogP contribution >= 0.6 is 0 Å². The van der Waals surface area contributed by atoms with E-state index in [0.29, 0.717) is 41.3 Å². The Morgan fingerprint density at radius 3 is 2.73 bits per heavy atom. The third-order valence-corrected chi connectivity index (χ3v) is 6.87. The summed E-state index contributed by atoms with van der Waals surface area (Å²) < 4.78 is 16.9. The molecule has 0 fully saturated rings. The molecule has 2 aromatic carbocycles. The summed E-state index contributed by atoms with van der Waals surface area (Å²) in [5.41, 5.74) is 9.34. The molecule has 190 valence electrons. The van der Waals surface area contributed by atoms with Gasteiger partial charge in [0.2, 0.25) is 5.91 Å². The molecule has 0 unspecified atom stereocenters. The number of anilines is 1. The molecule has 0 radical (unpaired) electrons. The van der Waals surface area contributed by atoms with E-state index in [1.54, 1.807) is 37.6 Å². The maximum absolute atomic E-state index is 13.0. The molecule has 2 amide bonds. The normalized spacial score (nSPS) is 14.0. The number of carbonyl (C=O) groups is 2. The lowest BCUT2D eigenvalue weighted by Crippen LogP contribution is -2.23. The topological polar surface area (TPSA) is 106 Å². The molecule has 0 spiro atoms. The van der Waals surface area contributed by atoms with Crippen molar-refractivity contribution in [3.8, 4) is 5.75 Å². The van der Waals surface area contributed by atoms with E-state index >= 15 is 0 Å². The highest BCUT2D eigenvalue weighted by molar-refractivity contribution is 6.09. The first-order valence-electron chi connectivity index (χ1n) is 12.3. The van der Waals surface area contributed by atoms with Crippen LogP contribution in [0.5, 0.6) is 5.75 Å². The summed E-state index contributed by atoms with van der Waals surface area (Å²) in [6, 6.07) is 11.1. The Bertz CT molecular complexity index is 1540. The number of fused-ring (bicyclic) bond motifs is 2. The van der Waals surface area contributed by atoms with Crippen molar-refractivity contribution in [1.82, 2.24) is 5.43 Å². The predicted molar refractivity (Wildman–Crippen MR) is 141 cm³/mol. The average molecular weight is 500 g/mol. The van der Waals surface area contributed by atoms with E-state index in [9.17, 15) is 9.59 Å². The lowest BCUT2D eigenvalue weighted by Gasteiger charge is -2.13. The summed E-state index contributed by atoms with van der Waals surface area (Å²) in [5, 5.41) is 8.23. The zero-order valence-electron chi connectivity index (χ0n) is 21.4. The van der Waals surface area contributed by atoms with Gasteiger partial charge in [0, 0.05) is 40.3 Å². The van der Waals surface area contributed by atoms with Crippen LogP contribution in [0.3, 0.4) is 0 Å². The highest BCUT2D eigenvalue weighted by atomic mass is 16.5. The van der Waals surface area contributed by atoms with Gasteiger partial charge in [0.05, 0.1) is 25.5 Å². The summed E-state index contributed by atoms with van der Waals surface area (Å²) in [6.45, 7) is 5.88. The quantitative estimate of drug-likeness (QED) is 0.335. The number of hydrogen-bond donors (Lipinski definition) is 2. The highest BCUT2D eigenvalue weighted by Crippen LogP contribution is 2.31. The first-order chi connectivity index (χ1) is 17.9. The van der Waals surface area contributed by atoms with Gasteiger partial charge >= 0.3 is 0 Å². The van der Waals surface area contributed by atoms with Gasteiger partial charge in [-0.2, -0.15) is 5.10 Å². The van der Waals surface area contributed by atoms with Gasteiger partial charge in [-0.05, 0) is 56.9 Å². The third-order valence-electron chi connectivity index (χ3n) is 6.87. The fourth-order valence-corrected chi connectivity index (χ4v) is 4.75. The van der Waals surface area contributed by atoms with E-state index in [1.807, 2.05) is 32.9 Å². The molecule has 1 aliphatic rings. The molecule has 0 saturated heterocycles. The fourth-order valence-electron chi connectivity index (χ4n) is 4.75. The van der Waals surface area contributed by atoms with Gasteiger partial charge in [-0.25, -0.2) is 5.43 Å². The van der Waals surface area contributed by atoms with Crippen molar-refractivity contribution in [3.05, 3.63) is 82.0 Å². The Kier molecular flexibility index (Phi) is 6.56. The number of amides is 2. The molecule has 0 aliphatic heterocycles. The Labute approximate surface area is 214 Å². The molecular formula is C29H29N3O5. The van der Waals surface area contributed by atoms with E-state index in [1.165, 1.54) is 0 Å². The molecule has 2 N–H and O–H groups in total. The van der Waals surface area contributed by atoms with Crippen molar-refractivity contribution in [1.29, 1.82) is 0 Å². The van der Waals surface area contributed by atoms with Gasteiger partial charge in [0.1, 0.15) is 17.1 Å². The number of nitrogens with zero attached hydrogens (tertiary/aromatic N) is 1. The molecule has 0 saturated carbocycles. The van der Waals surface area contributed by atoms with Crippen LogP contribution in [0.4, 0.5) is 5.69 Å². The number of carbonyl (C=O) groups excluding carboxylic acids is 2. The average Bonchev–Trinajstić information content (AvgIpc) is 3.46. The molecule has 2 heterocycles. The van der Waals surface area contributed by atoms with Gasteiger partial charge in [0.15, 0.2) is 5.76 Å².